The molecule has 2 aromatic carbocycles. The predicted octanol–water partition coefficient (Wildman–Crippen LogP) is 3.23. The van der Waals surface area contributed by atoms with Gasteiger partial charge in [0.25, 0.3) is 5.91 Å². The molecule has 0 aliphatic carbocycles. The normalized spacial score (nSPS) is 16.0. The Morgan fingerprint density at radius 2 is 1.76 bits per heavy atom. The number of fused-ring (bicyclic) bond motifs is 1. The minimum Gasteiger partial charge on any atom is -0.370 e. The Balaban J connectivity index is 1.62. The second kappa shape index (κ2) is 9.60. The van der Waals surface area contributed by atoms with Crippen molar-refractivity contribution < 1.29 is 13.2 Å². The van der Waals surface area contributed by atoms with Crippen molar-refractivity contribution in [1.29, 1.82) is 0 Å². The summed E-state index contributed by atoms with van der Waals surface area (Å²) >= 11 is 0. The van der Waals surface area contributed by atoms with Crippen LogP contribution >= 0.6 is 0 Å². The molecule has 1 aliphatic rings. The average molecular weight is 519 g/mol. The van der Waals surface area contributed by atoms with Crippen molar-refractivity contribution in [1.82, 2.24) is 24.4 Å². The van der Waals surface area contributed by atoms with E-state index in [4.69, 9.17) is 5.10 Å². The highest BCUT2D eigenvalue weighted by atomic mass is 32.2. The number of amides is 1. The zero-order chi connectivity index (χ0) is 26.3. The number of rotatable bonds is 6. The molecule has 0 spiro atoms. The third-order valence-corrected chi connectivity index (χ3v) is 7.32. The molecule has 5 rings (SSSR count). The van der Waals surface area contributed by atoms with E-state index in [1.807, 2.05) is 54.1 Å². The molecule has 4 aromatic rings. The molecule has 2 aromatic heterocycles. The van der Waals surface area contributed by atoms with Crippen LogP contribution in [0.25, 0.3) is 27.8 Å². The van der Waals surface area contributed by atoms with Gasteiger partial charge < -0.3 is 9.80 Å². The van der Waals surface area contributed by atoms with E-state index in [2.05, 4.69) is 41.0 Å². The Morgan fingerprint density at radius 1 is 1.05 bits per heavy atom. The quantitative estimate of drug-likeness (QED) is 0.418. The summed E-state index contributed by atoms with van der Waals surface area (Å²) < 4.78 is 27.3. The first-order valence-electron chi connectivity index (χ1n) is 12.1. The summed E-state index contributed by atoms with van der Waals surface area (Å²) in [4.78, 5) is 22.1. The molecule has 1 fully saturated rings. The van der Waals surface area contributed by atoms with Crippen LogP contribution < -0.4 is 9.62 Å². The van der Waals surface area contributed by atoms with Crippen molar-refractivity contribution in [3.63, 3.8) is 0 Å². The highest BCUT2D eigenvalue weighted by Gasteiger charge is 2.25. The topological polar surface area (TPSA) is 100 Å². The second-order valence-corrected chi connectivity index (χ2v) is 11.4. The van der Waals surface area contributed by atoms with Crippen LogP contribution in [0.2, 0.25) is 0 Å². The fourth-order valence-electron chi connectivity index (χ4n) is 4.85. The predicted molar refractivity (Wildman–Crippen MR) is 146 cm³/mol. The molecule has 0 bridgehead atoms. The summed E-state index contributed by atoms with van der Waals surface area (Å²) in [7, 11) is 0.469. The van der Waals surface area contributed by atoms with E-state index < -0.39 is 15.9 Å². The SMILES string of the molecule is Cc1nn(-c2ccccc2)c2nc(C(=O)NS(C)(=O)=O)cc(-c3ccc(N4CCC(N(C)C)C4)cc3)c12. The molecule has 1 amide bonds. The molecule has 9 nitrogen and oxygen atoms in total. The van der Waals surface area contributed by atoms with Gasteiger partial charge in [-0.25, -0.2) is 22.8 Å². The number of carbonyl (C=O) groups excluding carboxylic acids is 1. The first-order valence-corrected chi connectivity index (χ1v) is 14.0. The molecule has 1 unspecified atom stereocenters. The van der Waals surface area contributed by atoms with E-state index in [0.29, 0.717) is 11.7 Å². The monoisotopic (exact) mass is 518 g/mol. The highest BCUT2D eigenvalue weighted by Crippen LogP contribution is 2.34. The molecule has 1 atom stereocenters. The van der Waals surface area contributed by atoms with E-state index in [1.54, 1.807) is 10.7 Å². The van der Waals surface area contributed by atoms with E-state index in [-0.39, 0.29) is 5.69 Å². The van der Waals surface area contributed by atoms with E-state index >= 15 is 0 Å². The van der Waals surface area contributed by atoms with Crippen LogP contribution in [-0.2, 0) is 10.0 Å². The molecule has 1 saturated heterocycles. The number of benzene rings is 2. The van der Waals surface area contributed by atoms with Gasteiger partial charge in [-0.2, -0.15) is 5.10 Å². The number of para-hydroxylation sites is 1. The number of aryl methyl sites for hydroxylation is 1. The fourth-order valence-corrected chi connectivity index (χ4v) is 5.29. The lowest BCUT2D eigenvalue weighted by Gasteiger charge is -2.22. The number of hydrogen-bond donors (Lipinski definition) is 1. The first kappa shape index (κ1) is 24.9. The Kier molecular flexibility index (Phi) is 6.47. The Hall–Kier alpha value is -3.76. The van der Waals surface area contributed by atoms with Crippen molar-refractivity contribution in [3.8, 4) is 16.8 Å². The van der Waals surface area contributed by atoms with Crippen molar-refractivity contribution in [2.24, 2.45) is 0 Å². The smallest absolute Gasteiger partial charge is 0.283 e. The molecule has 10 heteroatoms. The zero-order valence-corrected chi connectivity index (χ0v) is 22.2. The van der Waals surface area contributed by atoms with Gasteiger partial charge in [0.05, 0.1) is 23.0 Å². The van der Waals surface area contributed by atoms with Gasteiger partial charge in [0.2, 0.25) is 10.0 Å². The fraction of sp³-hybridized carbons (Fsp3) is 0.296. The zero-order valence-electron chi connectivity index (χ0n) is 21.3. The highest BCUT2D eigenvalue weighted by molar-refractivity contribution is 7.89. The maximum Gasteiger partial charge on any atom is 0.283 e. The van der Waals surface area contributed by atoms with Crippen LogP contribution in [0.4, 0.5) is 5.69 Å². The van der Waals surface area contributed by atoms with E-state index in [1.165, 1.54) is 0 Å². The van der Waals surface area contributed by atoms with Gasteiger partial charge in [-0.3, -0.25) is 4.79 Å². The summed E-state index contributed by atoms with van der Waals surface area (Å²) in [5, 5.41) is 5.52. The second-order valence-electron chi connectivity index (χ2n) is 9.69. The number of pyridine rings is 1. The lowest BCUT2D eigenvalue weighted by molar-refractivity contribution is 0.0977. The van der Waals surface area contributed by atoms with Crippen LogP contribution in [0.1, 0.15) is 22.6 Å². The molecular weight excluding hydrogens is 488 g/mol. The van der Waals surface area contributed by atoms with Crippen LogP contribution in [0, 0.1) is 6.92 Å². The average Bonchev–Trinajstić information content (AvgIpc) is 3.49. The number of anilines is 1. The van der Waals surface area contributed by atoms with Crippen LogP contribution in [0.15, 0.2) is 60.7 Å². The number of sulfonamides is 1. The number of nitrogens with zero attached hydrogens (tertiary/aromatic N) is 5. The summed E-state index contributed by atoms with van der Waals surface area (Å²) in [5.74, 6) is -0.785. The Bertz CT molecular complexity index is 1560. The van der Waals surface area contributed by atoms with E-state index in [9.17, 15) is 13.2 Å². The van der Waals surface area contributed by atoms with Crippen LogP contribution in [0.5, 0.6) is 0 Å². The molecular formula is C27H30N6O3S. The lowest BCUT2D eigenvalue weighted by atomic mass is 10.0. The van der Waals surface area contributed by atoms with Gasteiger partial charge in [-0.05, 0) is 68.9 Å². The summed E-state index contributed by atoms with van der Waals surface area (Å²) in [6.07, 6.45) is 2.07. The van der Waals surface area contributed by atoms with Crippen LogP contribution in [0.3, 0.4) is 0 Å². The number of likely N-dealkylation sites (N-methyl/N-ethyl adjacent to an activating group) is 1. The molecule has 192 valence electrons. The summed E-state index contributed by atoms with van der Waals surface area (Å²) in [6, 6.07) is 19.9. The standard InChI is InChI=1S/C27H30N6O3S/c1-18-25-23(19-10-12-20(13-11-19)32-15-14-22(17-32)31(2)3)16-24(27(34)30-37(4,35)36)28-26(25)33(29-18)21-8-6-5-7-9-21/h5-13,16,22H,14-15,17H2,1-4H3,(H,30,34). The molecule has 0 radical (unpaired) electrons. The van der Waals surface area contributed by atoms with E-state index in [0.717, 1.165) is 59.3 Å². The maximum atomic E-state index is 12.9. The van der Waals surface area contributed by atoms with Crippen molar-refractivity contribution in [3.05, 3.63) is 72.1 Å². The van der Waals surface area contributed by atoms with Gasteiger partial charge in [0.15, 0.2) is 5.65 Å². The van der Waals surface area contributed by atoms with Crippen LogP contribution in [-0.4, -0.2) is 73.5 Å². The number of aromatic nitrogens is 3. The number of carbonyl (C=O) groups is 1. The summed E-state index contributed by atoms with van der Waals surface area (Å²) in [5.41, 5.74) is 4.84. The minimum atomic E-state index is -3.76. The van der Waals surface area contributed by atoms with Gasteiger partial charge in [0.1, 0.15) is 5.69 Å². The van der Waals surface area contributed by atoms with Crippen molar-refractivity contribution in [2.45, 2.75) is 19.4 Å². The van der Waals surface area contributed by atoms with Gasteiger partial charge >= 0.3 is 0 Å². The molecule has 37 heavy (non-hydrogen) atoms. The van der Waals surface area contributed by atoms with Gasteiger partial charge in [0, 0.05) is 24.8 Å². The molecule has 1 aliphatic heterocycles. The van der Waals surface area contributed by atoms with Gasteiger partial charge in [-0.1, -0.05) is 30.3 Å². The number of nitrogens with one attached hydrogen (secondary N) is 1. The largest absolute Gasteiger partial charge is 0.370 e. The van der Waals surface area contributed by atoms with Crippen molar-refractivity contribution in [2.75, 3.05) is 38.3 Å². The van der Waals surface area contributed by atoms with Gasteiger partial charge in [-0.15, -0.1) is 0 Å². The maximum absolute atomic E-state index is 12.9. The number of hydrogen-bond acceptors (Lipinski definition) is 7. The molecule has 1 N–H and O–H groups in total. The summed E-state index contributed by atoms with van der Waals surface area (Å²) in [6.45, 7) is 3.88. The first-order chi connectivity index (χ1) is 17.6. The third kappa shape index (κ3) is 5.07. The molecule has 3 heterocycles. The minimum absolute atomic E-state index is 0.00227. The Morgan fingerprint density at radius 3 is 2.38 bits per heavy atom. The third-order valence-electron chi connectivity index (χ3n) is 6.76. The van der Waals surface area contributed by atoms with Crippen molar-refractivity contribution >= 4 is 32.7 Å². The Labute approximate surface area is 216 Å². The molecule has 0 saturated carbocycles. The lowest BCUT2D eigenvalue weighted by Crippen LogP contribution is -2.31.